The van der Waals surface area contributed by atoms with Crippen LogP contribution in [0.4, 0.5) is 0 Å². The Bertz CT molecular complexity index is 749. The molecule has 1 amide bonds. The van der Waals surface area contributed by atoms with E-state index in [1.54, 1.807) is 17.8 Å². The Morgan fingerprint density at radius 3 is 3.05 bits per heavy atom. The van der Waals surface area contributed by atoms with Crippen LogP contribution in [0.3, 0.4) is 0 Å². The second-order valence-electron chi connectivity index (χ2n) is 4.68. The van der Waals surface area contributed by atoms with E-state index in [1.807, 2.05) is 12.1 Å². The van der Waals surface area contributed by atoms with Crippen molar-refractivity contribution in [2.75, 3.05) is 0 Å². The van der Waals surface area contributed by atoms with Gasteiger partial charge in [0.05, 0.1) is 5.69 Å². The van der Waals surface area contributed by atoms with Gasteiger partial charge in [-0.15, -0.1) is 5.92 Å². The van der Waals surface area contributed by atoms with Crippen molar-refractivity contribution in [3.05, 3.63) is 40.8 Å². The number of primary amides is 1. The van der Waals surface area contributed by atoms with Crippen LogP contribution in [-0.2, 0) is 12.8 Å². The van der Waals surface area contributed by atoms with Crippen molar-refractivity contribution < 1.29 is 4.79 Å². The molecule has 1 aliphatic carbocycles. The fourth-order valence-electron chi connectivity index (χ4n) is 2.58. The highest BCUT2D eigenvalue weighted by Gasteiger charge is 2.26. The lowest BCUT2D eigenvalue weighted by molar-refractivity contribution is 0.0994. The van der Waals surface area contributed by atoms with Crippen molar-refractivity contribution in [1.29, 1.82) is 0 Å². The van der Waals surface area contributed by atoms with Gasteiger partial charge in [0.15, 0.2) is 11.5 Å². The number of fused-ring (bicyclic) bond motifs is 1. The van der Waals surface area contributed by atoms with Crippen molar-refractivity contribution in [2.24, 2.45) is 5.73 Å². The Labute approximate surface area is 116 Å². The second-order valence-corrected chi connectivity index (χ2v) is 4.68. The number of rotatable bonds is 2. The maximum absolute atomic E-state index is 11.5. The summed E-state index contributed by atoms with van der Waals surface area (Å²) in [5, 5.41) is 4.33. The van der Waals surface area contributed by atoms with Crippen LogP contribution in [0.1, 0.15) is 40.7 Å². The molecule has 0 aromatic carbocycles. The Morgan fingerprint density at radius 1 is 1.45 bits per heavy atom. The predicted molar refractivity (Wildman–Crippen MR) is 74.5 cm³/mol. The first kappa shape index (κ1) is 12.4. The van der Waals surface area contributed by atoms with Gasteiger partial charge in [0.25, 0.3) is 5.91 Å². The molecule has 0 atom stereocenters. The molecular formula is C15H14N4O. The average Bonchev–Trinajstić information content (AvgIpc) is 3.00. The van der Waals surface area contributed by atoms with Gasteiger partial charge in [-0.3, -0.25) is 4.79 Å². The highest BCUT2D eigenvalue weighted by Crippen LogP contribution is 2.27. The van der Waals surface area contributed by atoms with Gasteiger partial charge in [-0.25, -0.2) is 9.67 Å². The molecule has 5 nitrogen and oxygen atoms in total. The summed E-state index contributed by atoms with van der Waals surface area (Å²) in [5.74, 6) is 6.05. The van der Waals surface area contributed by atoms with Crippen molar-refractivity contribution in [1.82, 2.24) is 14.8 Å². The summed E-state index contributed by atoms with van der Waals surface area (Å²) < 4.78 is 1.73. The summed E-state index contributed by atoms with van der Waals surface area (Å²) in [6.45, 7) is 1.79. The van der Waals surface area contributed by atoms with Crippen molar-refractivity contribution in [3.63, 3.8) is 0 Å². The van der Waals surface area contributed by atoms with Gasteiger partial charge >= 0.3 is 0 Å². The molecule has 20 heavy (non-hydrogen) atoms. The fourth-order valence-corrected chi connectivity index (χ4v) is 2.58. The number of nitrogens with zero attached hydrogens (tertiary/aromatic N) is 3. The van der Waals surface area contributed by atoms with E-state index >= 15 is 0 Å². The van der Waals surface area contributed by atoms with E-state index < -0.39 is 5.91 Å². The number of nitrogens with two attached hydrogens (primary N) is 1. The van der Waals surface area contributed by atoms with Crippen LogP contribution in [0.2, 0.25) is 0 Å². The molecule has 2 aromatic heterocycles. The van der Waals surface area contributed by atoms with E-state index in [4.69, 9.17) is 5.73 Å². The summed E-state index contributed by atoms with van der Waals surface area (Å²) in [6.07, 6.45) is 4.45. The molecule has 0 fully saturated rings. The first-order chi connectivity index (χ1) is 9.70. The van der Waals surface area contributed by atoms with Crippen LogP contribution in [0.15, 0.2) is 18.3 Å². The summed E-state index contributed by atoms with van der Waals surface area (Å²) in [6, 6.07) is 3.71. The SMILES string of the molecule is CC#Cc1ccnc(-n2nc(C(N)=O)c3c2CCC3)c1. The fraction of sp³-hybridized carbons (Fsp3) is 0.267. The topological polar surface area (TPSA) is 73.8 Å². The van der Waals surface area contributed by atoms with Gasteiger partial charge in [0.2, 0.25) is 0 Å². The van der Waals surface area contributed by atoms with Crippen LogP contribution in [0.25, 0.3) is 5.82 Å². The van der Waals surface area contributed by atoms with Crippen LogP contribution in [0.5, 0.6) is 0 Å². The number of hydrogen-bond donors (Lipinski definition) is 1. The quantitative estimate of drug-likeness (QED) is 0.831. The summed E-state index contributed by atoms with van der Waals surface area (Å²) >= 11 is 0. The van der Waals surface area contributed by atoms with Gasteiger partial charge in [-0.1, -0.05) is 5.92 Å². The smallest absolute Gasteiger partial charge is 0.269 e. The minimum absolute atomic E-state index is 0.367. The number of carbonyl (C=O) groups excluding carboxylic acids is 1. The zero-order valence-electron chi connectivity index (χ0n) is 11.2. The minimum Gasteiger partial charge on any atom is -0.364 e. The molecule has 0 saturated heterocycles. The molecule has 0 radical (unpaired) electrons. The zero-order valence-corrected chi connectivity index (χ0v) is 11.2. The Morgan fingerprint density at radius 2 is 2.30 bits per heavy atom. The van der Waals surface area contributed by atoms with E-state index in [0.29, 0.717) is 11.5 Å². The lowest BCUT2D eigenvalue weighted by Crippen LogP contribution is -2.14. The van der Waals surface area contributed by atoms with Gasteiger partial charge in [0.1, 0.15) is 0 Å². The summed E-state index contributed by atoms with van der Waals surface area (Å²) in [5.41, 5.74) is 8.64. The predicted octanol–water partition coefficient (Wildman–Crippen LogP) is 1.23. The largest absolute Gasteiger partial charge is 0.364 e. The van der Waals surface area contributed by atoms with E-state index in [2.05, 4.69) is 21.9 Å². The van der Waals surface area contributed by atoms with Crippen LogP contribution in [-0.4, -0.2) is 20.7 Å². The molecule has 0 saturated carbocycles. The summed E-state index contributed by atoms with van der Waals surface area (Å²) in [7, 11) is 0. The third-order valence-corrected chi connectivity index (χ3v) is 3.40. The van der Waals surface area contributed by atoms with Crippen LogP contribution < -0.4 is 5.73 Å². The van der Waals surface area contributed by atoms with Gasteiger partial charge < -0.3 is 5.73 Å². The number of amides is 1. The first-order valence-electron chi connectivity index (χ1n) is 6.50. The van der Waals surface area contributed by atoms with Gasteiger partial charge in [0, 0.05) is 17.3 Å². The Balaban J connectivity index is 2.15. The number of aromatic nitrogens is 3. The van der Waals surface area contributed by atoms with E-state index in [0.717, 1.165) is 36.1 Å². The molecule has 2 aromatic rings. The highest BCUT2D eigenvalue weighted by atomic mass is 16.1. The molecule has 0 spiro atoms. The highest BCUT2D eigenvalue weighted by molar-refractivity contribution is 5.92. The molecule has 0 unspecified atom stereocenters. The minimum atomic E-state index is -0.480. The molecule has 5 heteroatoms. The number of pyridine rings is 1. The first-order valence-corrected chi connectivity index (χ1v) is 6.50. The molecule has 3 rings (SSSR count). The lowest BCUT2D eigenvalue weighted by Gasteiger charge is -2.04. The third kappa shape index (κ3) is 1.95. The normalized spacial score (nSPS) is 12.7. The molecule has 2 N–H and O–H groups in total. The van der Waals surface area contributed by atoms with E-state index in [1.165, 1.54) is 0 Å². The average molecular weight is 266 g/mol. The third-order valence-electron chi connectivity index (χ3n) is 3.40. The maximum atomic E-state index is 11.5. The molecule has 1 aliphatic rings. The van der Waals surface area contributed by atoms with Gasteiger partial charge in [-0.05, 0) is 38.3 Å². The maximum Gasteiger partial charge on any atom is 0.269 e. The molecule has 0 bridgehead atoms. The molecular weight excluding hydrogens is 252 g/mol. The van der Waals surface area contributed by atoms with Crippen molar-refractivity contribution in [3.8, 4) is 17.7 Å². The van der Waals surface area contributed by atoms with Crippen LogP contribution in [0, 0.1) is 11.8 Å². The van der Waals surface area contributed by atoms with Crippen molar-refractivity contribution >= 4 is 5.91 Å². The number of carbonyl (C=O) groups is 1. The monoisotopic (exact) mass is 266 g/mol. The Hall–Kier alpha value is -2.61. The van der Waals surface area contributed by atoms with Crippen molar-refractivity contribution in [2.45, 2.75) is 26.2 Å². The molecule has 0 aliphatic heterocycles. The zero-order chi connectivity index (χ0) is 14.1. The number of hydrogen-bond acceptors (Lipinski definition) is 3. The van der Waals surface area contributed by atoms with Crippen LogP contribution >= 0.6 is 0 Å². The second kappa shape index (κ2) is 4.82. The standard InChI is InChI=1S/C15H14N4O/c1-2-4-10-7-8-17-13(9-10)19-12-6-3-5-11(12)14(18-19)15(16)20/h7-9H,3,5-6H2,1H3,(H2,16,20). The van der Waals surface area contributed by atoms with E-state index in [9.17, 15) is 4.79 Å². The van der Waals surface area contributed by atoms with Gasteiger partial charge in [-0.2, -0.15) is 5.10 Å². The Kier molecular flexibility index (Phi) is 2.99. The lowest BCUT2D eigenvalue weighted by atomic mass is 10.2. The molecule has 2 heterocycles. The summed E-state index contributed by atoms with van der Waals surface area (Å²) in [4.78, 5) is 15.8. The van der Waals surface area contributed by atoms with E-state index in [-0.39, 0.29) is 0 Å². The molecule has 100 valence electrons.